The minimum Gasteiger partial charge on any atom is -0.497 e. The molecule has 0 radical (unpaired) electrons. The van der Waals surface area contributed by atoms with Gasteiger partial charge in [-0.15, -0.1) is 0 Å². The first-order chi connectivity index (χ1) is 13.5. The summed E-state index contributed by atoms with van der Waals surface area (Å²) in [5.41, 5.74) is 0.884. The van der Waals surface area contributed by atoms with Gasteiger partial charge in [0.25, 0.3) is 0 Å². The number of methoxy groups -OCH3 is 1. The van der Waals surface area contributed by atoms with Gasteiger partial charge in [-0.2, -0.15) is 0 Å². The Bertz CT molecular complexity index is 836. The number of anilines is 1. The lowest BCUT2D eigenvalue weighted by Gasteiger charge is -2.22. The number of rotatable bonds is 7. The van der Waals surface area contributed by atoms with Gasteiger partial charge in [0.15, 0.2) is 0 Å². The summed E-state index contributed by atoms with van der Waals surface area (Å²) >= 11 is 6.09. The zero-order valence-corrected chi connectivity index (χ0v) is 16.1. The average molecular weight is 406 g/mol. The van der Waals surface area contributed by atoms with Gasteiger partial charge in [-0.05, 0) is 49.2 Å². The molecule has 0 spiro atoms. The number of imide groups is 1. The van der Waals surface area contributed by atoms with E-state index in [0.717, 1.165) is 12.8 Å². The van der Waals surface area contributed by atoms with Gasteiger partial charge in [-0.1, -0.05) is 17.7 Å². The van der Waals surface area contributed by atoms with Crippen LogP contribution in [0.15, 0.2) is 42.5 Å². The maximum atomic E-state index is 14.1. The van der Waals surface area contributed by atoms with Gasteiger partial charge in [0, 0.05) is 28.9 Å². The minimum absolute atomic E-state index is 0.0225. The molecule has 0 heterocycles. The number of hydrogen-bond acceptors (Lipinski definition) is 4. The van der Waals surface area contributed by atoms with Crippen LogP contribution in [-0.2, 0) is 11.3 Å². The van der Waals surface area contributed by atoms with Crippen molar-refractivity contribution in [1.82, 2.24) is 10.2 Å². The summed E-state index contributed by atoms with van der Waals surface area (Å²) in [6, 6.07) is 10.8. The molecule has 0 unspecified atom stereocenters. The second kappa shape index (κ2) is 9.03. The zero-order valence-electron chi connectivity index (χ0n) is 15.4. The van der Waals surface area contributed by atoms with Crippen molar-refractivity contribution >= 4 is 29.2 Å². The van der Waals surface area contributed by atoms with Crippen LogP contribution in [0.25, 0.3) is 0 Å². The Balaban J connectivity index is 1.56. The Morgan fingerprint density at radius 1 is 1.21 bits per heavy atom. The van der Waals surface area contributed by atoms with Gasteiger partial charge >= 0.3 is 6.03 Å². The number of hydrogen-bond donors (Lipinski definition) is 2. The monoisotopic (exact) mass is 405 g/mol. The molecule has 28 heavy (non-hydrogen) atoms. The number of urea groups is 1. The van der Waals surface area contributed by atoms with Gasteiger partial charge in [0.05, 0.1) is 13.7 Å². The fraction of sp³-hybridized carbons (Fsp3) is 0.300. The van der Waals surface area contributed by atoms with Crippen LogP contribution in [-0.4, -0.2) is 36.5 Å². The van der Waals surface area contributed by atoms with Crippen LogP contribution in [0.3, 0.4) is 0 Å². The van der Waals surface area contributed by atoms with Crippen LogP contribution < -0.4 is 15.4 Å². The molecule has 3 amide bonds. The summed E-state index contributed by atoms with van der Waals surface area (Å²) in [6.45, 7) is 0.190. The van der Waals surface area contributed by atoms with E-state index in [0.29, 0.717) is 22.0 Å². The maximum absolute atomic E-state index is 14.1. The number of nitrogens with one attached hydrogen (secondary N) is 2. The van der Waals surface area contributed by atoms with E-state index in [4.69, 9.17) is 16.3 Å². The molecule has 1 aliphatic carbocycles. The van der Waals surface area contributed by atoms with Gasteiger partial charge in [-0.3, -0.25) is 15.0 Å². The van der Waals surface area contributed by atoms with E-state index in [9.17, 15) is 14.0 Å². The number of carbonyl (C=O) groups is 2. The molecule has 0 aliphatic heterocycles. The molecule has 0 bridgehead atoms. The Morgan fingerprint density at radius 3 is 2.54 bits per heavy atom. The van der Waals surface area contributed by atoms with Crippen molar-refractivity contribution in [3.05, 3.63) is 58.9 Å². The fourth-order valence-corrected chi connectivity index (χ4v) is 3.05. The fourth-order valence-electron chi connectivity index (χ4n) is 2.83. The smallest absolute Gasteiger partial charge is 0.325 e. The van der Waals surface area contributed by atoms with E-state index in [1.54, 1.807) is 43.5 Å². The average Bonchev–Trinajstić information content (AvgIpc) is 3.49. The molecule has 1 saturated carbocycles. The lowest BCUT2D eigenvalue weighted by atomic mass is 10.2. The van der Waals surface area contributed by atoms with Crippen LogP contribution in [0.2, 0.25) is 5.02 Å². The number of carbonyl (C=O) groups excluding carboxylic acids is 2. The summed E-state index contributed by atoms with van der Waals surface area (Å²) in [7, 11) is 1.55. The molecule has 0 saturated heterocycles. The second-order valence-corrected chi connectivity index (χ2v) is 6.97. The number of halogens is 2. The van der Waals surface area contributed by atoms with Crippen molar-refractivity contribution in [2.75, 3.05) is 19.0 Å². The second-order valence-electron chi connectivity index (χ2n) is 6.57. The lowest BCUT2D eigenvalue weighted by molar-refractivity contribution is -0.121. The number of ether oxygens (including phenoxy) is 1. The zero-order chi connectivity index (χ0) is 20.1. The van der Waals surface area contributed by atoms with E-state index in [1.807, 2.05) is 4.90 Å². The molecule has 2 N–H and O–H groups in total. The number of amides is 3. The van der Waals surface area contributed by atoms with Gasteiger partial charge in [0.1, 0.15) is 11.6 Å². The maximum Gasteiger partial charge on any atom is 0.325 e. The highest BCUT2D eigenvalue weighted by molar-refractivity contribution is 6.31. The van der Waals surface area contributed by atoms with Crippen molar-refractivity contribution in [2.45, 2.75) is 25.4 Å². The van der Waals surface area contributed by atoms with Crippen molar-refractivity contribution in [2.24, 2.45) is 0 Å². The summed E-state index contributed by atoms with van der Waals surface area (Å²) in [5.74, 6) is -0.213. The topological polar surface area (TPSA) is 70.7 Å². The molecule has 6 nitrogen and oxygen atoms in total. The highest BCUT2D eigenvalue weighted by atomic mass is 35.5. The number of nitrogens with zero attached hydrogens (tertiary/aromatic N) is 1. The van der Waals surface area contributed by atoms with E-state index in [-0.39, 0.29) is 19.1 Å². The summed E-state index contributed by atoms with van der Waals surface area (Å²) < 4.78 is 19.1. The summed E-state index contributed by atoms with van der Waals surface area (Å²) in [5, 5.41) is 5.20. The van der Waals surface area contributed by atoms with Crippen LogP contribution in [0, 0.1) is 5.82 Å². The molecular formula is C20H21ClFN3O3. The molecule has 148 valence electrons. The van der Waals surface area contributed by atoms with Crippen molar-refractivity contribution < 1.29 is 18.7 Å². The Kier molecular flexibility index (Phi) is 6.49. The lowest BCUT2D eigenvalue weighted by Crippen LogP contribution is -2.42. The molecule has 8 heteroatoms. The minimum atomic E-state index is -0.630. The summed E-state index contributed by atoms with van der Waals surface area (Å²) in [4.78, 5) is 26.2. The first kappa shape index (κ1) is 20.1. The highest BCUT2D eigenvalue weighted by Gasteiger charge is 2.31. The van der Waals surface area contributed by atoms with E-state index in [1.165, 1.54) is 6.07 Å². The summed E-state index contributed by atoms with van der Waals surface area (Å²) in [6.07, 6.45) is 1.86. The predicted octanol–water partition coefficient (Wildman–Crippen LogP) is 3.80. The van der Waals surface area contributed by atoms with Gasteiger partial charge < -0.3 is 10.1 Å². The Morgan fingerprint density at radius 2 is 1.93 bits per heavy atom. The Labute approximate surface area is 167 Å². The third-order valence-electron chi connectivity index (χ3n) is 4.43. The quantitative estimate of drug-likeness (QED) is 0.735. The van der Waals surface area contributed by atoms with Gasteiger partial charge in [-0.25, -0.2) is 9.18 Å². The van der Waals surface area contributed by atoms with E-state index < -0.39 is 17.8 Å². The molecule has 2 aromatic carbocycles. The van der Waals surface area contributed by atoms with E-state index >= 15 is 0 Å². The standard InChI is InChI=1S/C20H21ClFN3O3/c1-28-15-9-5-13(6-10-15)23-20(27)24-19(26)12-25(14-7-8-14)11-16-17(21)3-2-4-18(16)22/h2-6,9-10,14H,7-8,11-12H2,1H3,(H2,23,24,26,27). The SMILES string of the molecule is COc1ccc(NC(=O)NC(=O)CN(Cc2c(F)cccc2Cl)C2CC2)cc1. The van der Waals surface area contributed by atoms with Crippen LogP contribution >= 0.6 is 11.6 Å². The third kappa shape index (κ3) is 5.43. The van der Waals surface area contributed by atoms with Crippen molar-refractivity contribution in [3.8, 4) is 5.75 Å². The van der Waals surface area contributed by atoms with Crippen LogP contribution in [0.5, 0.6) is 5.75 Å². The molecule has 0 aromatic heterocycles. The first-order valence-electron chi connectivity index (χ1n) is 8.88. The third-order valence-corrected chi connectivity index (χ3v) is 4.79. The highest BCUT2D eigenvalue weighted by Crippen LogP contribution is 2.30. The molecule has 0 atom stereocenters. The van der Waals surface area contributed by atoms with E-state index in [2.05, 4.69) is 10.6 Å². The predicted molar refractivity (Wildman–Crippen MR) is 105 cm³/mol. The molecular weight excluding hydrogens is 385 g/mol. The van der Waals surface area contributed by atoms with Crippen molar-refractivity contribution in [3.63, 3.8) is 0 Å². The van der Waals surface area contributed by atoms with Crippen LogP contribution in [0.4, 0.5) is 14.9 Å². The molecule has 2 aromatic rings. The largest absolute Gasteiger partial charge is 0.497 e. The molecule has 1 aliphatic rings. The van der Waals surface area contributed by atoms with Crippen molar-refractivity contribution in [1.29, 1.82) is 0 Å². The normalized spacial score (nSPS) is 13.3. The molecule has 1 fully saturated rings. The van der Waals surface area contributed by atoms with Gasteiger partial charge in [0.2, 0.25) is 5.91 Å². The number of benzene rings is 2. The Hall–Kier alpha value is -2.64. The van der Waals surface area contributed by atoms with Crippen LogP contribution in [0.1, 0.15) is 18.4 Å². The first-order valence-corrected chi connectivity index (χ1v) is 9.26. The molecule has 3 rings (SSSR count).